The quantitative estimate of drug-likeness (QED) is 0.379. The van der Waals surface area contributed by atoms with Crippen molar-refractivity contribution < 1.29 is 9.22 Å². The van der Waals surface area contributed by atoms with Gasteiger partial charge in [0.05, 0.1) is 6.10 Å². The molecule has 1 rings (SSSR count). The van der Waals surface area contributed by atoms with Crippen LogP contribution < -0.4 is 0 Å². The molecule has 15 heavy (non-hydrogen) atoms. The summed E-state index contributed by atoms with van der Waals surface area (Å²) in [5.41, 5.74) is 0. The van der Waals surface area contributed by atoms with E-state index in [1.54, 1.807) is 0 Å². The summed E-state index contributed by atoms with van der Waals surface area (Å²) in [7, 11) is -1.63. The monoisotopic (exact) mass is 226 g/mol. The molecule has 0 aromatic heterocycles. The van der Waals surface area contributed by atoms with Crippen molar-refractivity contribution in [2.75, 3.05) is 0 Å². The first-order valence-corrected chi connectivity index (χ1v) is 8.84. The maximum Gasteiger partial charge on any atom is 0.190 e. The van der Waals surface area contributed by atoms with E-state index in [9.17, 15) is 4.79 Å². The molecule has 0 saturated heterocycles. The number of hydrogen-bond acceptors (Lipinski definition) is 2. The smallest absolute Gasteiger partial charge is 0.190 e. The number of aldehydes is 1. The van der Waals surface area contributed by atoms with Crippen LogP contribution in [0.5, 0.6) is 0 Å². The number of carbonyl (C=O) groups excluding carboxylic acids is 1. The van der Waals surface area contributed by atoms with E-state index < -0.39 is 8.32 Å². The number of rotatable bonds is 7. The van der Waals surface area contributed by atoms with E-state index in [2.05, 4.69) is 26.6 Å². The van der Waals surface area contributed by atoms with Gasteiger partial charge in [-0.2, -0.15) is 0 Å². The van der Waals surface area contributed by atoms with Crippen LogP contribution in [-0.2, 0) is 9.22 Å². The van der Waals surface area contributed by atoms with E-state index >= 15 is 0 Å². The van der Waals surface area contributed by atoms with Gasteiger partial charge in [-0.15, -0.1) is 6.58 Å². The highest BCUT2D eigenvalue weighted by molar-refractivity contribution is 6.71. The number of hydrogen-bond donors (Lipinski definition) is 0. The molecule has 0 heterocycles. The van der Waals surface area contributed by atoms with Crippen molar-refractivity contribution in [1.82, 2.24) is 0 Å². The third-order valence-corrected chi connectivity index (χ3v) is 5.30. The van der Waals surface area contributed by atoms with Gasteiger partial charge in [-0.3, -0.25) is 0 Å². The van der Waals surface area contributed by atoms with E-state index in [0.29, 0.717) is 12.3 Å². The lowest BCUT2D eigenvalue weighted by Crippen LogP contribution is -2.36. The average Bonchev–Trinajstić information content (AvgIpc) is 2.81. The third kappa shape index (κ3) is 3.91. The van der Waals surface area contributed by atoms with Gasteiger partial charge >= 0.3 is 0 Å². The van der Waals surface area contributed by atoms with Crippen molar-refractivity contribution in [3.63, 3.8) is 0 Å². The number of carbonyl (C=O) groups is 1. The van der Waals surface area contributed by atoms with Crippen molar-refractivity contribution in [3.8, 4) is 0 Å². The molecule has 0 N–H and O–H groups in total. The summed E-state index contributed by atoms with van der Waals surface area (Å²) in [6.45, 7) is 10.4. The summed E-state index contributed by atoms with van der Waals surface area (Å²) < 4.78 is 6.15. The Hall–Kier alpha value is -0.413. The Bertz CT molecular complexity index is 238. The highest BCUT2D eigenvalue weighted by Gasteiger charge is 2.42. The van der Waals surface area contributed by atoms with Crippen molar-refractivity contribution in [1.29, 1.82) is 0 Å². The first-order chi connectivity index (χ1) is 7.00. The lowest BCUT2D eigenvalue weighted by Gasteiger charge is -2.28. The molecular formula is C12H22O2Si. The summed E-state index contributed by atoms with van der Waals surface area (Å²) in [4.78, 5) is 10.6. The SMILES string of the molecule is C=CC[Si](C)(C)O[C@@H](CC=O)[C@@H]1C[C@H]1C. The summed E-state index contributed by atoms with van der Waals surface area (Å²) in [6, 6.07) is 0.962. The number of allylic oxidation sites excluding steroid dienone is 1. The zero-order valence-corrected chi connectivity index (χ0v) is 11.0. The highest BCUT2D eigenvalue weighted by Crippen LogP contribution is 2.43. The molecule has 2 nitrogen and oxygen atoms in total. The summed E-state index contributed by atoms with van der Waals surface area (Å²) in [5.74, 6) is 1.36. The van der Waals surface area contributed by atoms with Crippen molar-refractivity contribution in [2.24, 2.45) is 11.8 Å². The molecule has 1 aliphatic rings. The van der Waals surface area contributed by atoms with Crippen LogP contribution >= 0.6 is 0 Å². The predicted octanol–water partition coefficient (Wildman–Crippen LogP) is 3.01. The Morgan fingerprint density at radius 1 is 1.60 bits per heavy atom. The Labute approximate surface area is 93.8 Å². The summed E-state index contributed by atoms with van der Waals surface area (Å²) in [5, 5.41) is 0. The Morgan fingerprint density at radius 3 is 2.60 bits per heavy atom. The van der Waals surface area contributed by atoms with Crippen LogP contribution in [-0.4, -0.2) is 20.7 Å². The molecule has 3 heteroatoms. The van der Waals surface area contributed by atoms with Gasteiger partial charge < -0.3 is 9.22 Å². The van der Waals surface area contributed by atoms with Gasteiger partial charge in [0.25, 0.3) is 0 Å². The third-order valence-electron chi connectivity index (χ3n) is 3.08. The molecular weight excluding hydrogens is 204 g/mol. The van der Waals surface area contributed by atoms with Crippen LogP contribution in [0.3, 0.4) is 0 Å². The van der Waals surface area contributed by atoms with Gasteiger partial charge in [0, 0.05) is 6.42 Å². The first-order valence-electron chi connectivity index (χ1n) is 5.72. The Balaban J connectivity index is 2.49. The normalized spacial score (nSPS) is 27.1. The fourth-order valence-electron chi connectivity index (χ4n) is 2.08. The van der Waals surface area contributed by atoms with Gasteiger partial charge in [0.2, 0.25) is 0 Å². The molecule has 1 aliphatic carbocycles. The molecule has 0 aliphatic heterocycles. The van der Waals surface area contributed by atoms with Crippen LogP contribution in [0.25, 0.3) is 0 Å². The van der Waals surface area contributed by atoms with Gasteiger partial charge in [-0.1, -0.05) is 13.0 Å². The second-order valence-corrected chi connectivity index (χ2v) is 9.35. The molecule has 0 aromatic carbocycles. The minimum Gasteiger partial charge on any atom is -0.413 e. The van der Waals surface area contributed by atoms with E-state index in [4.69, 9.17) is 4.43 Å². The van der Waals surface area contributed by atoms with Gasteiger partial charge in [-0.25, -0.2) is 0 Å². The average molecular weight is 226 g/mol. The standard InChI is InChI=1S/C12H22O2Si/c1-5-8-15(3,4)14-12(6-7-13)11-9-10(11)2/h5,7,10-12H,1,6,8-9H2,2-4H3/t10-,11-,12+/m1/s1. The molecule has 3 atom stereocenters. The molecule has 0 radical (unpaired) electrons. The molecule has 0 spiro atoms. The molecule has 1 saturated carbocycles. The Morgan fingerprint density at radius 2 is 2.20 bits per heavy atom. The van der Waals surface area contributed by atoms with E-state index in [-0.39, 0.29) is 6.10 Å². The van der Waals surface area contributed by atoms with Crippen molar-refractivity contribution >= 4 is 14.6 Å². The fraction of sp³-hybridized carbons (Fsp3) is 0.750. The maximum absolute atomic E-state index is 10.6. The second kappa shape index (κ2) is 5.08. The maximum atomic E-state index is 10.6. The van der Waals surface area contributed by atoms with Crippen molar-refractivity contribution in [3.05, 3.63) is 12.7 Å². The van der Waals surface area contributed by atoms with Crippen LogP contribution in [0, 0.1) is 11.8 Å². The fourth-order valence-corrected chi connectivity index (χ4v) is 3.96. The molecule has 1 fully saturated rings. The lowest BCUT2D eigenvalue weighted by molar-refractivity contribution is -0.109. The van der Waals surface area contributed by atoms with E-state index in [1.165, 1.54) is 6.42 Å². The van der Waals surface area contributed by atoms with Gasteiger partial charge in [-0.05, 0) is 37.4 Å². The lowest BCUT2D eigenvalue weighted by atomic mass is 10.1. The Kier molecular flexibility index (Phi) is 4.29. The highest BCUT2D eigenvalue weighted by atomic mass is 28.4. The zero-order chi connectivity index (χ0) is 11.5. The molecule has 0 bridgehead atoms. The van der Waals surface area contributed by atoms with E-state index in [1.807, 2.05) is 6.08 Å². The predicted molar refractivity (Wildman–Crippen MR) is 65.3 cm³/mol. The minimum absolute atomic E-state index is 0.166. The van der Waals surface area contributed by atoms with Gasteiger partial charge in [0.1, 0.15) is 6.29 Å². The van der Waals surface area contributed by atoms with Gasteiger partial charge in [0.15, 0.2) is 8.32 Å². The van der Waals surface area contributed by atoms with E-state index in [0.717, 1.165) is 18.2 Å². The summed E-state index contributed by atoms with van der Waals surface area (Å²) in [6.07, 6.45) is 4.87. The van der Waals surface area contributed by atoms with Crippen LogP contribution in [0.1, 0.15) is 19.8 Å². The molecule has 0 aromatic rings. The molecule has 86 valence electrons. The molecule has 0 unspecified atom stereocenters. The van der Waals surface area contributed by atoms with Crippen LogP contribution in [0.15, 0.2) is 12.7 Å². The topological polar surface area (TPSA) is 26.3 Å². The van der Waals surface area contributed by atoms with Crippen LogP contribution in [0.2, 0.25) is 19.1 Å². The first kappa shape index (κ1) is 12.7. The largest absolute Gasteiger partial charge is 0.413 e. The minimum atomic E-state index is -1.63. The van der Waals surface area contributed by atoms with Crippen LogP contribution in [0.4, 0.5) is 0 Å². The second-order valence-electron chi connectivity index (χ2n) is 5.19. The molecule has 0 amide bonds. The summed E-state index contributed by atoms with van der Waals surface area (Å²) >= 11 is 0. The zero-order valence-electron chi connectivity index (χ0n) is 10.0. The van der Waals surface area contributed by atoms with Crippen molar-refractivity contribution in [2.45, 2.75) is 45.0 Å².